The zero-order valence-electron chi connectivity index (χ0n) is 19.8. The number of amides is 2. The highest BCUT2D eigenvalue weighted by atomic mass is 35.5. The van der Waals surface area contributed by atoms with Gasteiger partial charge in [-0.3, -0.25) is 9.59 Å². The molecule has 0 aromatic rings. The van der Waals surface area contributed by atoms with Gasteiger partial charge in [0.1, 0.15) is 6.04 Å². The molecule has 1 saturated heterocycles. The van der Waals surface area contributed by atoms with Crippen molar-refractivity contribution >= 4 is 23.4 Å². The third-order valence-corrected chi connectivity index (χ3v) is 7.27. The number of hydrogen-bond acceptors (Lipinski definition) is 3. The third-order valence-electron chi connectivity index (χ3n) is 6.96. The molecule has 0 aromatic heterocycles. The highest BCUT2D eigenvalue weighted by molar-refractivity contribution is 6.29. The summed E-state index contributed by atoms with van der Waals surface area (Å²) in [5.74, 6) is 0.429. The van der Waals surface area contributed by atoms with Crippen molar-refractivity contribution < 1.29 is 14.7 Å². The van der Waals surface area contributed by atoms with E-state index in [4.69, 9.17) is 11.6 Å². The summed E-state index contributed by atoms with van der Waals surface area (Å²) in [6.07, 6.45) is 12.2. The van der Waals surface area contributed by atoms with Crippen LogP contribution < -0.4 is 5.32 Å². The number of hydrogen-bond donors (Lipinski definition) is 2. The Morgan fingerprint density at radius 1 is 1.25 bits per heavy atom. The lowest BCUT2D eigenvalue weighted by Gasteiger charge is -2.46. The Morgan fingerprint density at radius 2 is 2.00 bits per heavy atom. The molecule has 2 aliphatic carbocycles. The first-order valence-corrected chi connectivity index (χ1v) is 12.2. The van der Waals surface area contributed by atoms with E-state index in [1.807, 2.05) is 30.9 Å². The Labute approximate surface area is 197 Å². The van der Waals surface area contributed by atoms with Gasteiger partial charge < -0.3 is 15.3 Å². The number of carbonyl (C=O) groups is 2. The number of carbonyl (C=O) groups excluding carboxylic acids is 2. The standard InChI is InChI=1S/C26H37ClN2O3/c1-17(2)24(28-23(31)15-19-7-5-6-8-22(19)30)25(32)29-14-13-21(26(3,4)16-29)18-9-11-20(27)12-10-18/h5,7,9,11,17,21,24,30H,6,8,10,12-16H2,1-4H3,(H,28,31)/t21-,24-/m1/s1. The minimum atomic E-state index is -0.569. The van der Waals surface area contributed by atoms with Crippen LogP contribution in [0.5, 0.6) is 0 Å². The van der Waals surface area contributed by atoms with Crippen LogP contribution in [0.15, 0.2) is 46.2 Å². The lowest BCUT2D eigenvalue weighted by molar-refractivity contribution is -0.141. The molecule has 0 saturated carbocycles. The Bertz CT molecular complexity index is 866. The molecule has 2 N–H and O–H groups in total. The van der Waals surface area contributed by atoms with Crippen LogP contribution in [0.1, 0.15) is 66.2 Å². The van der Waals surface area contributed by atoms with Crippen molar-refractivity contribution in [1.82, 2.24) is 10.2 Å². The van der Waals surface area contributed by atoms with Crippen LogP contribution in [0, 0.1) is 17.3 Å². The molecule has 1 heterocycles. The second kappa shape index (κ2) is 10.3. The summed E-state index contributed by atoms with van der Waals surface area (Å²) < 4.78 is 0. The summed E-state index contributed by atoms with van der Waals surface area (Å²) in [5, 5.41) is 13.9. The first kappa shape index (κ1) is 24.6. The first-order chi connectivity index (χ1) is 15.1. The van der Waals surface area contributed by atoms with E-state index < -0.39 is 6.04 Å². The van der Waals surface area contributed by atoms with E-state index in [0.29, 0.717) is 31.0 Å². The molecule has 6 heteroatoms. The van der Waals surface area contributed by atoms with Gasteiger partial charge in [0.15, 0.2) is 0 Å². The maximum absolute atomic E-state index is 13.4. The predicted molar refractivity (Wildman–Crippen MR) is 129 cm³/mol. The van der Waals surface area contributed by atoms with Gasteiger partial charge in [-0.15, -0.1) is 0 Å². The minimum Gasteiger partial charge on any atom is -0.512 e. The second-order valence-corrected chi connectivity index (χ2v) is 10.8. The number of piperidine rings is 1. The zero-order chi connectivity index (χ0) is 23.5. The third kappa shape index (κ3) is 5.86. The van der Waals surface area contributed by atoms with Gasteiger partial charge in [-0.2, -0.15) is 0 Å². The van der Waals surface area contributed by atoms with Crippen molar-refractivity contribution in [2.45, 2.75) is 72.3 Å². The van der Waals surface area contributed by atoms with Crippen LogP contribution in [-0.4, -0.2) is 41.0 Å². The molecule has 1 fully saturated rings. The van der Waals surface area contributed by atoms with Gasteiger partial charge in [-0.05, 0) is 54.6 Å². The Hall–Kier alpha value is -2.01. The van der Waals surface area contributed by atoms with Gasteiger partial charge >= 0.3 is 0 Å². The first-order valence-electron chi connectivity index (χ1n) is 11.8. The molecular weight excluding hydrogens is 424 g/mol. The van der Waals surface area contributed by atoms with Crippen LogP contribution in [0.4, 0.5) is 0 Å². The van der Waals surface area contributed by atoms with Crippen molar-refractivity contribution in [3.63, 3.8) is 0 Å². The average Bonchev–Trinajstić information content (AvgIpc) is 2.73. The monoisotopic (exact) mass is 460 g/mol. The number of halogens is 1. The van der Waals surface area contributed by atoms with Gasteiger partial charge in [0.2, 0.25) is 11.8 Å². The van der Waals surface area contributed by atoms with Crippen molar-refractivity contribution in [3.05, 3.63) is 46.2 Å². The summed E-state index contributed by atoms with van der Waals surface area (Å²) in [6.45, 7) is 9.73. The van der Waals surface area contributed by atoms with Gasteiger partial charge in [-0.1, -0.05) is 63.1 Å². The molecule has 3 rings (SSSR count). The van der Waals surface area contributed by atoms with Crippen molar-refractivity contribution in [2.75, 3.05) is 13.1 Å². The van der Waals surface area contributed by atoms with Gasteiger partial charge in [0.25, 0.3) is 0 Å². The zero-order valence-corrected chi connectivity index (χ0v) is 20.5. The quantitative estimate of drug-likeness (QED) is 0.557. The Kier molecular flexibility index (Phi) is 7.92. The molecular formula is C26H37ClN2O3. The molecule has 0 radical (unpaired) electrons. The van der Waals surface area contributed by atoms with Crippen LogP contribution in [0.25, 0.3) is 0 Å². The largest absolute Gasteiger partial charge is 0.512 e. The number of likely N-dealkylation sites (tertiary alicyclic amines) is 1. The molecule has 0 unspecified atom stereocenters. The number of nitrogens with one attached hydrogen (secondary N) is 1. The molecule has 1 aliphatic heterocycles. The minimum absolute atomic E-state index is 0.0159. The fourth-order valence-corrected chi connectivity index (χ4v) is 5.28. The number of rotatable bonds is 6. The van der Waals surface area contributed by atoms with E-state index in [2.05, 4.69) is 25.2 Å². The number of aliphatic hydroxyl groups excluding tert-OH is 1. The molecule has 2 atom stereocenters. The average molecular weight is 461 g/mol. The number of nitrogens with zero attached hydrogens (tertiary/aromatic N) is 1. The molecule has 176 valence electrons. The van der Waals surface area contributed by atoms with Crippen LogP contribution in [0.3, 0.4) is 0 Å². The van der Waals surface area contributed by atoms with E-state index in [-0.39, 0.29) is 35.3 Å². The molecule has 0 spiro atoms. The highest BCUT2D eigenvalue weighted by Crippen LogP contribution is 2.43. The lowest BCUT2D eigenvalue weighted by atomic mass is 9.68. The Balaban J connectivity index is 1.65. The summed E-state index contributed by atoms with van der Waals surface area (Å²) in [7, 11) is 0. The molecule has 5 nitrogen and oxygen atoms in total. The highest BCUT2D eigenvalue weighted by Gasteiger charge is 2.41. The maximum atomic E-state index is 13.4. The molecule has 0 bridgehead atoms. The summed E-state index contributed by atoms with van der Waals surface area (Å²) in [6, 6.07) is -0.569. The van der Waals surface area contributed by atoms with E-state index in [0.717, 1.165) is 30.7 Å². The van der Waals surface area contributed by atoms with E-state index in [9.17, 15) is 14.7 Å². The van der Waals surface area contributed by atoms with Gasteiger partial charge in [0.05, 0.1) is 12.2 Å². The van der Waals surface area contributed by atoms with Crippen molar-refractivity contribution in [3.8, 4) is 0 Å². The van der Waals surface area contributed by atoms with Crippen molar-refractivity contribution in [2.24, 2.45) is 17.3 Å². The van der Waals surface area contributed by atoms with Gasteiger partial charge in [-0.25, -0.2) is 0 Å². The smallest absolute Gasteiger partial charge is 0.245 e. The number of allylic oxidation sites excluding steroid dienone is 7. The molecule has 0 aromatic carbocycles. The fraction of sp³-hybridized carbons (Fsp3) is 0.615. The normalized spacial score (nSPS) is 24.2. The summed E-state index contributed by atoms with van der Waals surface area (Å²) >= 11 is 6.14. The van der Waals surface area contributed by atoms with E-state index in [1.165, 1.54) is 5.57 Å². The topological polar surface area (TPSA) is 69.6 Å². The van der Waals surface area contributed by atoms with Crippen LogP contribution in [0.2, 0.25) is 0 Å². The summed E-state index contributed by atoms with van der Waals surface area (Å²) in [5.41, 5.74) is 2.02. The Morgan fingerprint density at radius 3 is 2.59 bits per heavy atom. The fourth-order valence-electron chi connectivity index (χ4n) is 5.12. The second-order valence-electron chi connectivity index (χ2n) is 10.3. The van der Waals surface area contributed by atoms with Crippen LogP contribution in [-0.2, 0) is 9.59 Å². The predicted octanol–water partition coefficient (Wildman–Crippen LogP) is 5.40. The maximum Gasteiger partial charge on any atom is 0.245 e. The van der Waals surface area contributed by atoms with E-state index >= 15 is 0 Å². The van der Waals surface area contributed by atoms with E-state index in [1.54, 1.807) is 6.08 Å². The molecule has 3 aliphatic rings. The van der Waals surface area contributed by atoms with Gasteiger partial charge in [0, 0.05) is 24.5 Å². The lowest BCUT2D eigenvalue weighted by Crippen LogP contribution is -2.56. The SMILES string of the molecule is CC(C)[C@@H](NC(=O)CC1=C(O)CCC=C1)C(=O)N1CC[C@H](C2=CC=C(Cl)CC2)C(C)(C)C1. The molecule has 2 amide bonds. The summed E-state index contributed by atoms with van der Waals surface area (Å²) in [4.78, 5) is 28.0. The number of aliphatic hydroxyl groups is 1. The molecule has 32 heavy (non-hydrogen) atoms. The van der Waals surface area contributed by atoms with Crippen molar-refractivity contribution in [1.29, 1.82) is 0 Å². The van der Waals surface area contributed by atoms with Crippen LogP contribution >= 0.6 is 11.6 Å².